The minimum absolute atomic E-state index is 0.426. The quantitative estimate of drug-likeness (QED) is 0.286. The lowest BCUT2D eigenvalue weighted by atomic mass is 10.1. The molecule has 158 valence electrons. The topological polar surface area (TPSA) is 61.1 Å². The zero-order valence-electron chi connectivity index (χ0n) is 17.3. The van der Waals surface area contributed by atoms with Crippen LogP contribution in [0.15, 0.2) is 81.9 Å². The molecule has 0 unspecified atom stereocenters. The van der Waals surface area contributed by atoms with Crippen LogP contribution in [0, 0.1) is 13.8 Å². The smallest absolute Gasteiger partial charge is 0.233 e. The number of hydrazone groups is 2. The van der Waals surface area contributed by atoms with E-state index in [2.05, 4.69) is 58.1 Å². The van der Waals surface area contributed by atoms with Crippen molar-refractivity contribution < 1.29 is 0 Å². The number of aliphatic imine (C=N–C) groups is 1. The summed E-state index contributed by atoms with van der Waals surface area (Å²) in [4.78, 5) is 4.60. The second-order valence-corrected chi connectivity index (χ2v) is 7.81. The van der Waals surface area contributed by atoms with Gasteiger partial charge >= 0.3 is 0 Å². The molecule has 0 aliphatic carbocycles. The first kappa shape index (κ1) is 22.5. The fourth-order valence-electron chi connectivity index (χ4n) is 2.72. The van der Waals surface area contributed by atoms with Gasteiger partial charge in [0.05, 0.1) is 19.0 Å². The number of hydrogen-bond acceptors (Lipinski definition) is 3. The molecule has 0 aliphatic heterocycles. The Balaban J connectivity index is 1.71. The largest absolute Gasteiger partial charge is 0.246 e. The minimum atomic E-state index is 0.426. The van der Waals surface area contributed by atoms with Gasteiger partial charge in [0, 0.05) is 10.0 Å². The third-order valence-corrected chi connectivity index (χ3v) is 4.92. The highest BCUT2D eigenvalue weighted by atomic mass is 35.5. The van der Waals surface area contributed by atoms with Gasteiger partial charge in [0.15, 0.2) is 0 Å². The second kappa shape index (κ2) is 11.3. The summed E-state index contributed by atoms with van der Waals surface area (Å²) >= 11 is 11.8. The summed E-state index contributed by atoms with van der Waals surface area (Å²) < 4.78 is 0. The van der Waals surface area contributed by atoms with Gasteiger partial charge in [-0.25, -0.2) is 15.8 Å². The number of halogens is 2. The van der Waals surface area contributed by atoms with E-state index >= 15 is 0 Å². The Hall–Kier alpha value is -3.15. The van der Waals surface area contributed by atoms with Crippen LogP contribution in [0.1, 0.15) is 27.8 Å². The van der Waals surface area contributed by atoms with Crippen LogP contribution in [0.5, 0.6) is 0 Å². The molecule has 3 aromatic rings. The molecule has 0 aliphatic rings. The van der Waals surface area contributed by atoms with Gasteiger partial charge in [-0.2, -0.15) is 10.2 Å². The van der Waals surface area contributed by atoms with Crippen LogP contribution in [0.25, 0.3) is 0 Å². The summed E-state index contributed by atoms with van der Waals surface area (Å²) in [6.45, 7) is 4.65. The molecule has 0 saturated carbocycles. The standard InChI is InChI=1S/C24H23Cl2N5/c1-17-3-8-21(18(2)13-17)16-27-24(30-28-14-19-4-9-22(25)10-5-19)31-29-15-20-6-11-23(26)12-7-20/h3-15H,16H2,1-2H3,(H2,27,30,31)/b28-14+,29-15+. The molecule has 0 saturated heterocycles. The molecule has 3 aromatic carbocycles. The van der Waals surface area contributed by atoms with Crippen LogP contribution in [0.4, 0.5) is 0 Å². The molecule has 0 bridgehead atoms. The third kappa shape index (κ3) is 7.55. The monoisotopic (exact) mass is 451 g/mol. The highest BCUT2D eigenvalue weighted by Crippen LogP contribution is 2.12. The second-order valence-electron chi connectivity index (χ2n) is 6.94. The predicted octanol–water partition coefficient (Wildman–Crippen LogP) is 5.71. The van der Waals surface area contributed by atoms with Crippen molar-refractivity contribution in [3.8, 4) is 0 Å². The molecule has 0 aromatic heterocycles. The molecule has 31 heavy (non-hydrogen) atoms. The molecule has 0 amide bonds. The first-order valence-electron chi connectivity index (χ1n) is 9.69. The molecule has 0 fully saturated rings. The first-order chi connectivity index (χ1) is 15.0. The van der Waals surface area contributed by atoms with E-state index in [4.69, 9.17) is 23.2 Å². The van der Waals surface area contributed by atoms with Crippen LogP contribution < -0.4 is 10.9 Å². The first-order valence-corrected chi connectivity index (χ1v) is 10.4. The van der Waals surface area contributed by atoms with E-state index in [1.807, 2.05) is 48.5 Å². The number of benzene rings is 3. The van der Waals surface area contributed by atoms with Gasteiger partial charge in [0.25, 0.3) is 0 Å². The molecule has 2 N–H and O–H groups in total. The fourth-order valence-corrected chi connectivity index (χ4v) is 2.97. The number of rotatable bonds is 6. The molecule has 7 heteroatoms. The molecule has 0 atom stereocenters. The molecule has 3 rings (SSSR count). The summed E-state index contributed by atoms with van der Waals surface area (Å²) in [5.41, 5.74) is 11.2. The number of aryl methyl sites for hydroxylation is 2. The molecular formula is C24H23Cl2N5. The predicted molar refractivity (Wildman–Crippen MR) is 131 cm³/mol. The third-order valence-electron chi connectivity index (χ3n) is 4.41. The van der Waals surface area contributed by atoms with Gasteiger partial charge in [-0.15, -0.1) is 0 Å². The molecule has 0 heterocycles. The molecule has 0 spiro atoms. The van der Waals surface area contributed by atoms with Crippen molar-refractivity contribution in [2.45, 2.75) is 20.4 Å². The summed E-state index contributed by atoms with van der Waals surface area (Å²) in [5, 5.41) is 9.87. The average molecular weight is 452 g/mol. The Labute approximate surface area is 192 Å². The summed E-state index contributed by atoms with van der Waals surface area (Å²) in [6, 6.07) is 21.1. The Morgan fingerprint density at radius 2 is 1.29 bits per heavy atom. The molecule has 0 radical (unpaired) electrons. The van der Waals surface area contributed by atoms with E-state index in [0.717, 1.165) is 16.7 Å². The molecular weight excluding hydrogens is 429 g/mol. The summed E-state index contributed by atoms with van der Waals surface area (Å²) in [6.07, 6.45) is 3.38. The van der Waals surface area contributed by atoms with Crippen molar-refractivity contribution in [1.82, 2.24) is 10.9 Å². The lowest BCUT2D eigenvalue weighted by Crippen LogP contribution is -2.31. The Morgan fingerprint density at radius 3 is 1.77 bits per heavy atom. The van der Waals surface area contributed by atoms with Gasteiger partial charge in [-0.1, -0.05) is 71.2 Å². The number of nitrogens with one attached hydrogen (secondary N) is 2. The van der Waals surface area contributed by atoms with Crippen LogP contribution in [0.2, 0.25) is 10.0 Å². The van der Waals surface area contributed by atoms with Crippen molar-refractivity contribution in [2.75, 3.05) is 0 Å². The van der Waals surface area contributed by atoms with E-state index in [1.54, 1.807) is 12.4 Å². The summed E-state index contributed by atoms with van der Waals surface area (Å²) in [5.74, 6) is 0.426. The SMILES string of the molecule is Cc1ccc(CN=C(N/N=C/c2ccc(Cl)cc2)N/N=C/c2ccc(Cl)cc2)c(C)c1. The Kier molecular flexibility index (Phi) is 8.21. The highest BCUT2D eigenvalue weighted by molar-refractivity contribution is 6.30. The lowest BCUT2D eigenvalue weighted by Gasteiger charge is -2.07. The van der Waals surface area contributed by atoms with Gasteiger partial charge in [-0.3, -0.25) is 0 Å². The van der Waals surface area contributed by atoms with Crippen LogP contribution in [0.3, 0.4) is 0 Å². The highest BCUT2D eigenvalue weighted by Gasteiger charge is 2.00. The Morgan fingerprint density at radius 1 is 0.774 bits per heavy atom. The van der Waals surface area contributed by atoms with Gasteiger partial charge in [-0.05, 0) is 60.4 Å². The van der Waals surface area contributed by atoms with Crippen molar-refractivity contribution >= 4 is 41.6 Å². The maximum Gasteiger partial charge on any atom is 0.233 e. The van der Waals surface area contributed by atoms with E-state index < -0.39 is 0 Å². The maximum absolute atomic E-state index is 5.92. The van der Waals surface area contributed by atoms with E-state index in [1.165, 1.54) is 11.1 Å². The van der Waals surface area contributed by atoms with Gasteiger partial charge < -0.3 is 0 Å². The number of nitrogens with zero attached hydrogens (tertiary/aromatic N) is 3. The van der Waals surface area contributed by atoms with Crippen molar-refractivity contribution in [2.24, 2.45) is 15.2 Å². The van der Waals surface area contributed by atoms with E-state index in [0.29, 0.717) is 22.5 Å². The van der Waals surface area contributed by atoms with Gasteiger partial charge in [0.2, 0.25) is 5.96 Å². The van der Waals surface area contributed by atoms with Gasteiger partial charge in [0.1, 0.15) is 0 Å². The van der Waals surface area contributed by atoms with Crippen molar-refractivity contribution in [1.29, 1.82) is 0 Å². The van der Waals surface area contributed by atoms with E-state index in [9.17, 15) is 0 Å². The van der Waals surface area contributed by atoms with Crippen LogP contribution in [-0.4, -0.2) is 18.4 Å². The van der Waals surface area contributed by atoms with Crippen LogP contribution in [-0.2, 0) is 6.54 Å². The normalized spacial score (nSPS) is 11.1. The average Bonchev–Trinajstić information content (AvgIpc) is 2.75. The zero-order chi connectivity index (χ0) is 22.1. The maximum atomic E-state index is 5.92. The minimum Gasteiger partial charge on any atom is -0.246 e. The molecule has 5 nitrogen and oxygen atoms in total. The number of guanidine groups is 1. The number of hydrogen-bond donors (Lipinski definition) is 2. The Bertz CT molecular complexity index is 1030. The van der Waals surface area contributed by atoms with E-state index in [-0.39, 0.29) is 0 Å². The summed E-state index contributed by atoms with van der Waals surface area (Å²) in [7, 11) is 0. The van der Waals surface area contributed by atoms with Crippen molar-refractivity contribution in [3.63, 3.8) is 0 Å². The van der Waals surface area contributed by atoms with Crippen molar-refractivity contribution in [3.05, 3.63) is 105 Å². The zero-order valence-corrected chi connectivity index (χ0v) is 18.8. The lowest BCUT2D eigenvalue weighted by molar-refractivity contribution is 0.873. The fraction of sp³-hybridized carbons (Fsp3) is 0.125. The van der Waals surface area contributed by atoms with Crippen LogP contribution >= 0.6 is 23.2 Å².